The van der Waals surface area contributed by atoms with Crippen LogP contribution in [0.4, 0.5) is 0 Å². The van der Waals surface area contributed by atoms with Gasteiger partial charge in [-0.05, 0) is 18.4 Å². The van der Waals surface area contributed by atoms with Crippen molar-refractivity contribution in [3.05, 3.63) is 23.8 Å². The molecule has 2 N–H and O–H groups in total. The van der Waals surface area contributed by atoms with Crippen LogP contribution < -0.4 is 10.1 Å². The molecule has 0 unspecified atom stereocenters. The number of phenolic OH excluding ortho intramolecular Hbond substituents is 1. The van der Waals surface area contributed by atoms with Gasteiger partial charge in [0.1, 0.15) is 0 Å². The summed E-state index contributed by atoms with van der Waals surface area (Å²) < 4.78 is 5.25. The number of halogens is 2. The molecule has 22 heavy (non-hydrogen) atoms. The topological polar surface area (TPSA) is 44.7 Å². The van der Waals surface area contributed by atoms with Crippen LogP contribution in [0, 0.1) is 5.92 Å². The first-order valence-electron chi connectivity index (χ1n) is 7.44. The number of benzene rings is 1. The molecule has 6 heteroatoms. The number of phenols is 1. The molecular weight excluding hydrogens is 323 g/mol. The third-order valence-corrected chi connectivity index (χ3v) is 3.90. The zero-order valence-corrected chi connectivity index (χ0v) is 15.2. The molecule has 0 aliphatic carbocycles. The fraction of sp³-hybridized carbons (Fsp3) is 0.625. The van der Waals surface area contributed by atoms with E-state index in [0.29, 0.717) is 17.4 Å². The van der Waals surface area contributed by atoms with E-state index < -0.39 is 0 Å². The van der Waals surface area contributed by atoms with Crippen molar-refractivity contribution in [1.29, 1.82) is 0 Å². The first-order chi connectivity index (χ1) is 9.63. The minimum Gasteiger partial charge on any atom is -0.504 e. The second kappa shape index (κ2) is 10.2. The lowest BCUT2D eigenvalue weighted by Crippen LogP contribution is -2.45. The Labute approximate surface area is 146 Å². The molecule has 1 saturated heterocycles. The average Bonchev–Trinajstić information content (AvgIpc) is 2.46. The number of nitrogens with zero attached hydrogens (tertiary/aromatic N) is 1. The van der Waals surface area contributed by atoms with Gasteiger partial charge in [-0.15, -0.1) is 24.8 Å². The van der Waals surface area contributed by atoms with Crippen molar-refractivity contribution in [1.82, 2.24) is 10.2 Å². The van der Waals surface area contributed by atoms with Crippen LogP contribution in [0.3, 0.4) is 0 Å². The number of hydrogen-bond donors (Lipinski definition) is 2. The quantitative estimate of drug-likeness (QED) is 0.855. The molecule has 1 atom stereocenters. The third-order valence-electron chi connectivity index (χ3n) is 3.90. The molecule has 4 nitrogen and oxygen atoms in total. The van der Waals surface area contributed by atoms with Gasteiger partial charge >= 0.3 is 0 Å². The van der Waals surface area contributed by atoms with E-state index in [2.05, 4.69) is 24.1 Å². The smallest absolute Gasteiger partial charge is 0.162 e. The molecule has 128 valence electrons. The molecule has 2 rings (SSSR count). The Bertz CT molecular complexity index is 438. The molecular formula is C16H28Cl2N2O2. The predicted molar refractivity (Wildman–Crippen MR) is 95.8 cm³/mol. The first-order valence-corrected chi connectivity index (χ1v) is 7.44. The van der Waals surface area contributed by atoms with Gasteiger partial charge in [0.05, 0.1) is 7.11 Å². The van der Waals surface area contributed by atoms with Crippen LogP contribution in [0.1, 0.15) is 31.9 Å². The zero-order chi connectivity index (χ0) is 14.5. The van der Waals surface area contributed by atoms with E-state index in [-0.39, 0.29) is 30.9 Å². The van der Waals surface area contributed by atoms with Crippen LogP contribution in [-0.2, 0) is 0 Å². The number of para-hydroxylation sites is 1. The van der Waals surface area contributed by atoms with Gasteiger partial charge in [0.2, 0.25) is 0 Å². The third kappa shape index (κ3) is 5.20. The summed E-state index contributed by atoms with van der Waals surface area (Å²) in [5.41, 5.74) is 0.986. The molecule has 0 bridgehead atoms. The summed E-state index contributed by atoms with van der Waals surface area (Å²) in [5, 5.41) is 13.8. The van der Waals surface area contributed by atoms with E-state index in [9.17, 15) is 5.11 Å². The van der Waals surface area contributed by atoms with Gasteiger partial charge in [0.25, 0.3) is 0 Å². The van der Waals surface area contributed by atoms with E-state index in [1.165, 1.54) is 0 Å². The van der Waals surface area contributed by atoms with Crippen molar-refractivity contribution in [2.24, 2.45) is 5.92 Å². The number of aromatic hydroxyl groups is 1. The first kappa shape index (κ1) is 21.3. The highest BCUT2D eigenvalue weighted by atomic mass is 35.5. The molecule has 1 aliphatic rings. The Morgan fingerprint density at radius 1 is 1.23 bits per heavy atom. The minimum atomic E-state index is 0. The summed E-state index contributed by atoms with van der Waals surface area (Å²) >= 11 is 0. The molecule has 1 aromatic rings. The predicted octanol–water partition coefficient (Wildman–Crippen LogP) is 3.24. The standard InChI is InChI=1S/C16H26N2O2.2ClH/c1-12(2)11-14(18-9-7-17-8-10-18)13-5-4-6-15(20-3)16(13)19;;/h4-6,12,14,17,19H,7-11H2,1-3H3;2*1H/t14-;;/m0../s1. The maximum absolute atomic E-state index is 10.4. The summed E-state index contributed by atoms with van der Waals surface area (Å²) in [6.07, 6.45) is 1.04. The maximum atomic E-state index is 10.4. The van der Waals surface area contributed by atoms with E-state index in [1.54, 1.807) is 7.11 Å². The average molecular weight is 351 g/mol. The van der Waals surface area contributed by atoms with Crippen LogP contribution in [0.2, 0.25) is 0 Å². The highest BCUT2D eigenvalue weighted by Crippen LogP contribution is 2.38. The number of hydrogen-bond acceptors (Lipinski definition) is 4. The van der Waals surface area contributed by atoms with Crippen LogP contribution in [-0.4, -0.2) is 43.3 Å². The number of methoxy groups -OCH3 is 1. The van der Waals surface area contributed by atoms with Crippen LogP contribution in [0.25, 0.3) is 0 Å². The summed E-state index contributed by atoms with van der Waals surface area (Å²) in [7, 11) is 1.60. The van der Waals surface area contributed by atoms with Crippen molar-refractivity contribution in [2.75, 3.05) is 33.3 Å². The van der Waals surface area contributed by atoms with Gasteiger partial charge < -0.3 is 15.2 Å². The van der Waals surface area contributed by atoms with Gasteiger partial charge in [0, 0.05) is 37.8 Å². The van der Waals surface area contributed by atoms with Crippen LogP contribution >= 0.6 is 24.8 Å². The molecule has 0 radical (unpaired) electrons. The highest BCUT2D eigenvalue weighted by Gasteiger charge is 2.26. The van der Waals surface area contributed by atoms with Crippen LogP contribution in [0.5, 0.6) is 11.5 Å². The monoisotopic (exact) mass is 350 g/mol. The summed E-state index contributed by atoms with van der Waals surface area (Å²) in [6.45, 7) is 8.53. The van der Waals surface area contributed by atoms with Crippen molar-refractivity contribution < 1.29 is 9.84 Å². The lowest BCUT2D eigenvalue weighted by molar-refractivity contribution is 0.151. The molecule has 1 fully saturated rings. The normalized spacial score (nSPS) is 16.5. The zero-order valence-electron chi connectivity index (χ0n) is 13.5. The Morgan fingerprint density at radius 2 is 1.86 bits per heavy atom. The lowest BCUT2D eigenvalue weighted by Gasteiger charge is -2.36. The van der Waals surface area contributed by atoms with E-state index in [4.69, 9.17) is 4.74 Å². The SMILES string of the molecule is COc1cccc([C@H](CC(C)C)N2CCNCC2)c1O.Cl.Cl. The van der Waals surface area contributed by atoms with Gasteiger partial charge in [-0.25, -0.2) is 0 Å². The largest absolute Gasteiger partial charge is 0.504 e. The Kier molecular flexibility index (Phi) is 9.85. The molecule has 0 saturated carbocycles. The maximum Gasteiger partial charge on any atom is 0.162 e. The van der Waals surface area contributed by atoms with Crippen molar-refractivity contribution >= 4 is 24.8 Å². The molecule has 0 aromatic heterocycles. The number of ether oxygens (including phenoxy) is 1. The van der Waals surface area contributed by atoms with Gasteiger partial charge in [-0.2, -0.15) is 0 Å². The summed E-state index contributed by atoms with van der Waals surface area (Å²) in [4.78, 5) is 2.46. The second-order valence-corrected chi connectivity index (χ2v) is 5.83. The Hall–Kier alpha value is -0.680. The van der Waals surface area contributed by atoms with Crippen molar-refractivity contribution in [3.8, 4) is 11.5 Å². The number of rotatable bonds is 5. The van der Waals surface area contributed by atoms with Gasteiger partial charge in [-0.3, -0.25) is 4.90 Å². The Morgan fingerprint density at radius 3 is 2.41 bits per heavy atom. The second-order valence-electron chi connectivity index (χ2n) is 5.83. The van der Waals surface area contributed by atoms with Crippen LogP contribution in [0.15, 0.2) is 18.2 Å². The van der Waals surface area contributed by atoms with Gasteiger partial charge in [0.15, 0.2) is 11.5 Å². The summed E-state index contributed by atoms with van der Waals surface area (Å²) in [5.74, 6) is 1.44. The molecule has 0 amide bonds. The van der Waals surface area contributed by atoms with E-state index >= 15 is 0 Å². The number of nitrogens with one attached hydrogen (secondary N) is 1. The minimum absolute atomic E-state index is 0. The molecule has 0 spiro atoms. The fourth-order valence-electron chi connectivity index (χ4n) is 2.89. The fourth-order valence-corrected chi connectivity index (χ4v) is 2.89. The van der Waals surface area contributed by atoms with E-state index in [0.717, 1.165) is 38.2 Å². The number of piperazine rings is 1. The van der Waals surface area contributed by atoms with Gasteiger partial charge in [-0.1, -0.05) is 26.0 Å². The summed E-state index contributed by atoms with van der Waals surface area (Å²) in [6, 6.07) is 6.05. The van der Waals surface area contributed by atoms with Crippen molar-refractivity contribution in [2.45, 2.75) is 26.3 Å². The molecule has 1 aliphatic heterocycles. The molecule has 1 aromatic carbocycles. The highest BCUT2D eigenvalue weighted by molar-refractivity contribution is 5.85. The molecule has 1 heterocycles. The van der Waals surface area contributed by atoms with Crippen molar-refractivity contribution in [3.63, 3.8) is 0 Å². The van der Waals surface area contributed by atoms with E-state index in [1.807, 2.05) is 18.2 Å². The lowest BCUT2D eigenvalue weighted by atomic mass is 9.94. The Balaban J connectivity index is 0.00000220.